The van der Waals surface area contributed by atoms with Crippen LogP contribution >= 0.6 is 11.3 Å². The Labute approximate surface area is 163 Å². The van der Waals surface area contributed by atoms with E-state index in [0.717, 1.165) is 10.6 Å². The van der Waals surface area contributed by atoms with Crippen molar-refractivity contribution in [2.45, 2.75) is 27.7 Å². The number of nitrogens with one attached hydrogen (secondary N) is 2. The highest BCUT2D eigenvalue weighted by molar-refractivity contribution is 7.15. The Hall–Kier alpha value is -2.61. The van der Waals surface area contributed by atoms with Gasteiger partial charge in [-0.25, -0.2) is 9.78 Å². The van der Waals surface area contributed by atoms with E-state index in [1.165, 1.54) is 16.2 Å². The molecule has 146 valence electrons. The first kappa shape index (κ1) is 20.7. The summed E-state index contributed by atoms with van der Waals surface area (Å²) in [5, 5.41) is 6.13. The fraction of sp³-hybridized carbons (Fsp3) is 0.421. The Balaban J connectivity index is 2.06. The zero-order chi connectivity index (χ0) is 20.0. The van der Waals surface area contributed by atoms with Crippen LogP contribution < -0.4 is 15.4 Å². The molecule has 8 heteroatoms. The zero-order valence-corrected chi connectivity index (χ0v) is 17.1. The smallest absolute Gasteiger partial charge is 0.322 e. The fourth-order valence-corrected chi connectivity index (χ4v) is 3.29. The number of anilines is 2. The molecule has 27 heavy (non-hydrogen) atoms. The molecule has 3 amide bonds. The number of urea groups is 1. The Morgan fingerprint density at radius 2 is 1.93 bits per heavy atom. The third-order valence-corrected chi connectivity index (χ3v) is 4.82. The van der Waals surface area contributed by atoms with Crippen molar-refractivity contribution in [2.24, 2.45) is 5.92 Å². The molecule has 0 aliphatic carbocycles. The Bertz CT molecular complexity index is 785. The van der Waals surface area contributed by atoms with Crippen LogP contribution in [0.2, 0.25) is 0 Å². The summed E-state index contributed by atoms with van der Waals surface area (Å²) in [4.78, 5) is 32.0. The number of rotatable bonds is 7. The summed E-state index contributed by atoms with van der Waals surface area (Å²) in [6.07, 6.45) is 0. The minimum absolute atomic E-state index is 0.0587. The molecule has 0 aliphatic heterocycles. The molecule has 0 fully saturated rings. The van der Waals surface area contributed by atoms with E-state index >= 15 is 0 Å². The van der Waals surface area contributed by atoms with Crippen LogP contribution in [-0.2, 0) is 4.79 Å². The molecule has 2 aromatic rings. The maximum absolute atomic E-state index is 12.7. The molecule has 0 spiro atoms. The number of aryl methyl sites for hydroxylation is 2. The van der Waals surface area contributed by atoms with Gasteiger partial charge in [0.05, 0.1) is 18.5 Å². The van der Waals surface area contributed by atoms with Gasteiger partial charge in [-0.3, -0.25) is 4.79 Å². The molecule has 1 aromatic heterocycles. The molecule has 0 saturated heterocycles. The van der Waals surface area contributed by atoms with E-state index in [1.54, 1.807) is 19.2 Å². The van der Waals surface area contributed by atoms with Crippen molar-refractivity contribution in [1.29, 1.82) is 0 Å². The second-order valence-corrected chi connectivity index (χ2v) is 7.82. The van der Waals surface area contributed by atoms with Crippen molar-refractivity contribution in [3.8, 4) is 5.75 Å². The molecule has 0 atom stereocenters. The molecule has 1 heterocycles. The van der Waals surface area contributed by atoms with Crippen LogP contribution in [0.5, 0.6) is 5.75 Å². The normalized spacial score (nSPS) is 10.6. The summed E-state index contributed by atoms with van der Waals surface area (Å²) >= 11 is 1.42. The molecular formula is C19H26N4O3S. The third kappa shape index (κ3) is 5.96. The second-order valence-electron chi connectivity index (χ2n) is 6.61. The predicted octanol–water partition coefficient (Wildman–Crippen LogP) is 3.90. The molecule has 7 nitrogen and oxygen atoms in total. The lowest BCUT2D eigenvalue weighted by molar-refractivity contribution is -0.116. The number of methoxy groups -OCH3 is 1. The molecule has 2 rings (SSSR count). The van der Waals surface area contributed by atoms with Crippen LogP contribution in [0.3, 0.4) is 0 Å². The minimum Gasteiger partial charge on any atom is -0.495 e. The van der Waals surface area contributed by atoms with E-state index in [1.807, 2.05) is 39.8 Å². The molecule has 0 aliphatic rings. The lowest BCUT2D eigenvalue weighted by atomic mass is 10.2. The number of carbonyl (C=O) groups excluding carboxylic acids is 2. The Kier molecular flexibility index (Phi) is 7.18. The van der Waals surface area contributed by atoms with Gasteiger partial charge in [-0.15, -0.1) is 11.3 Å². The van der Waals surface area contributed by atoms with Crippen molar-refractivity contribution in [2.75, 3.05) is 30.8 Å². The van der Waals surface area contributed by atoms with E-state index in [4.69, 9.17) is 4.74 Å². The van der Waals surface area contributed by atoms with Crippen LogP contribution in [0, 0.1) is 19.8 Å². The number of ether oxygens (including phenoxy) is 1. The summed E-state index contributed by atoms with van der Waals surface area (Å²) in [5.41, 5.74) is 1.45. The summed E-state index contributed by atoms with van der Waals surface area (Å²) < 4.78 is 5.26. The van der Waals surface area contributed by atoms with E-state index in [9.17, 15) is 9.59 Å². The summed E-state index contributed by atoms with van der Waals surface area (Å²) in [7, 11) is 1.54. The topological polar surface area (TPSA) is 83.6 Å². The van der Waals surface area contributed by atoms with Crippen LogP contribution in [0.25, 0.3) is 0 Å². The van der Waals surface area contributed by atoms with E-state index in [-0.39, 0.29) is 24.4 Å². The van der Waals surface area contributed by atoms with E-state index in [0.29, 0.717) is 23.1 Å². The van der Waals surface area contributed by atoms with Gasteiger partial charge in [0.2, 0.25) is 5.91 Å². The number of hydrogen-bond donors (Lipinski definition) is 2. The Morgan fingerprint density at radius 1 is 1.22 bits per heavy atom. The number of aromatic nitrogens is 1. The summed E-state index contributed by atoms with van der Waals surface area (Å²) in [6.45, 7) is 8.23. The van der Waals surface area contributed by atoms with Crippen molar-refractivity contribution in [1.82, 2.24) is 9.88 Å². The van der Waals surface area contributed by atoms with Gasteiger partial charge in [-0.2, -0.15) is 0 Å². The highest BCUT2D eigenvalue weighted by Gasteiger charge is 2.20. The molecular weight excluding hydrogens is 364 g/mol. The highest BCUT2D eigenvalue weighted by Crippen LogP contribution is 2.24. The molecule has 0 saturated carbocycles. The maximum Gasteiger partial charge on any atom is 0.322 e. The van der Waals surface area contributed by atoms with Gasteiger partial charge in [0, 0.05) is 11.4 Å². The summed E-state index contributed by atoms with van der Waals surface area (Å²) in [6, 6.07) is 6.81. The molecule has 0 radical (unpaired) electrons. The van der Waals surface area contributed by atoms with Crippen LogP contribution in [0.1, 0.15) is 24.4 Å². The molecule has 0 unspecified atom stereocenters. The van der Waals surface area contributed by atoms with Crippen LogP contribution in [-0.4, -0.2) is 42.0 Å². The number of thiazole rings is 1. The monoisotopic (exact) mass is 390 g/mol. The van der Waals surface area contributed by atoms with Gasteiger partial charge in [0.25, 0.3) is 0 Å². The first-order valence-corrected chi connectivity index (χ1v) is 9.54. The van der Waals surface area contributed by atoms with Gasteiger partial charge >= 0.3 is 6.03 Å². The van der Waals surface area contributed by atoms with Crippen LogP contribution in [0.15, 0.2) is 24.3 Å². The van der Waals surface area contributed by atoms with Gasteiger partial charge in [0.1, 0.15) is 12.3 Å². The van der Waals surface area contributed by atoms with E-state index in [2.05, 4.69) is 15.6 Å². The number of carbonyl (C=O) groups is 2. The zero-order valence-electron chi connectivity index (χ0n) is 16.3. The average molecular weight is 391 g/mol. The van der Waals surface area contributed by atoms with Gasteiger partial charge in [0.15, 0.2) is 5.13 Å². The van der Waals surface area contributed by atoms with Crippen LogP contribution in [0.4, 0.5) is 15.6 Å². The molecule has 2 N–H and O–H groups in total. The second kappa shape index (κ2) is 9.36. The standard InChI is InChI=1S/C19H26N4O3S/c1-12(2)10-23(11-17(24)22-18-20-13(3)14(4)27-18)19(25)21-15-8-6-7-9-16(15)26-5/h6-9,12H,10-11H2,1-5H3,(H,21,25)(H,20,22,24). The molecule has 1 aromatic carbocycles. The number of nitrogens with zero attached hydrogens (tertiary/aromatic N) is 2. The predicted molar refractivity (Wildman–Crippen MR) is 109 cm³/mol. The number of para-hydroxylation sites is 2. The SMILES string of the molecule is COc1ccccc1NC(=O)N(CC(=O)Nc1nc(C)c(C)s1)CC(C)C. The van der Waals surface area contributed by atoms with Crippen molar-refractivity contribution in [3.05, 3.63) is 34.8 Å². The fourth-order valence-electron chi connectivity index (χ4n) is 2.46. The summed E-state index contributed by atoms with van der Waals surface area (Å²) in [5.74, 6) is 0.499. The first-order valence-electron chi connectivity index (χ1n) is 8.73. The maximum atomic E-state index is 12.7. The third-order valence-electron chi connectivity index (χ3n) is 3.83. The number of amides is 3. The minimum atomic E-state index is -0.352. The highest BCUT2D eigenvalue weighted by atomic mass is 32.1. The number of hydrogen-bond acceptors (Lipinski definition) is 5. The van der Waals surface area contributed by atoms with Gasteiger partial charge < -0.3 is 20.3 Å². The number of benzene rings is 1. The lowest BCUT2D eigenvalue weighted by Crippen LogP contribution is -2.42. The van der Waals surface area contributed by atoms with Gasteiger partial charge in [-0.05, 0) is 31.9 Å². The quantitative estimate of drug-likeness (QED) is 0.751. The van der Waals surface area contributed by atoms with Crippen molar-refractivity contribution in [3.63, 3.8) is 0 Å². The van der Waals surface area contributed by atoms with Crippen molar-refractivity contribution < 1.29 is 14.3 Å². The van der Waals surface area contributed by atoms with E-state index < -0.39 is 0 Å². The largest absolute Gasteiger partial charge is 0.495 e. The molecule has 0 bridgehead atoms. The van der Waals surface area contributed by atoms with Gasteiger partial charge in [-0.1, -0.05) is 26.0 Å². The Morgan fingerprint density at radius 3 is 2.52 bits per heavy atom. The first-order chi connectivity index (χ1) is 12.8. The lowest BCUT2D eigenvalue weighted by Gasteiger charge is -2.24. The van der Waals surface area contributed by atoms with Crippen molar-refractivity contribution >= 4 is 34.1 Å². The average Bonchev–Trinajstić information content (AvgIpc) is 2.91.